The highest BCUT2D eigenvalue weighted by molar-refractivity contribution is 7.99. The number of sulfonamides is 1. The Balaban J connectivity index is 2.14. The number of rotatable bonds is 5. The lowest BCUT2D eigenvalue weighted by Crippen LogP contribution is -2.29. The first-order valence-corrected chi connectivity index (χ1v) is 9.49. The van der Waals surface area contributed by atoms with Gasteiger partial charge in [0.25, 0.3) is 0 Å². The van der Waals surface area contributed by atoms with Crippen molar-refractivity contribution in [1.82, 2.24) is 4.72 Å². The van der Waals surface area contributed by atoms with Crippen molar-refractivity contribution in [2.75, 3.05) is 18.1 Å². The van der Waals surface area contributed by atoms with Gasteiger partial charge in [0.15, 0.2) is 0 Å². The van der Waals surface area contributed by atoms with Crippen LogP contribution in [0.5, 0.6) is 0 Å². The van der Waals surface area contributed by atoms with Gasteiger partial charge in [-0.25, -0.2) is 13.1 Å². The smallest absolute Gasteiger partial charge is 0.242 e. The fraction of sp³-hybridized carbons (Fsp3) is 0.417. The molecule has 1 heterocycles. The molecule has 0 spiro atoms. The molecule has 20 heavy (non-hydrogen) atoms. The van der Waals surface area contributed by atoms with E-state index in [4.69, 9.17) is 29.6 Å². The first-order valence-electron chi connectivity index (χ1n) is 6.07. The highest BCUT2D eigenvalue weighted by atomic mass is 35.5. The largest absolute Gasteiger partial charge is 0.389 e. The number of nitrogens with one attached hydrogen (secondary N) is 1. The molecule has 1 aliphatic rings. The van der Waals surface area contributed by atoms with E-state index in [1.807, 2.05) is 11.8 Å². The quantitative estimate of drug-likeness (QED) is 0.795. The van der Waals surface area contributed by atoms with E-state index in [0.717, 1.165) is 17.9 Å². The number of halogens is 1. The standard InChI is InChI=1S/C12H15ClN2O2S3/c13-10-5-9(12(14)18)1-2-11(10)20(16,17)15-6-8-3-4-19-7-8/h1-2,5,8,15H,3-4,6-7H2,(H2,14,18). The first-order chi connectivity index (χ1) is 9.40. The van der Waals surface area contributed by atoms with Crippen LogP contribution in [0.15, 0.2) is 23.1 Å². The lowest BCUT2D eigenvalue weighted by molar-refractivity contribution is 0.546. The summed E-state index contributed by atoms with van der Waals surface area (Å²) in [5.74, 6) is 2.48. The molecule has 8 heteroatoms. The van der Waals surface area contributed by atoms with Crippen LogP contribution in [0, 0.1) is 5.92 Å². The second-order valence-electron chi connectivity index (χ2n) is 4.59. The Morgan fingerprint density at radius 1 is 1.55 bits per heavy atom. The maximum Gasteiger partial charge on any atom is 0.242 e. The molecule has 3 N–H and O–H groups in total. The van der Waals surface area contributed by atoms with E-state index in [1.54, 1.807) is 6.07 Å². The van der Waals surface area contributed by atoms with E-state index in [-0.39, 0.29) is 14.9 Å². The molecule has 0 saturated carbocycles. The zero-order valence-corrected chi connectivity index (χ0v) is 13.8. The highest BCUT2D eigenvalue weighted by Gasteiger charge is 2.22. The molecule has 1 aliphatic heterocycles. The normalized spacial score (nSPS) is 19.1. The molecule has 4 nitrogen and oxygen atoms in total. The van der Waals surface area contributed by atoms with E-state index in [1.165, 1.54) is 12.1 Å². The van der Waals surface area contributed by atoms with Crippen LogP contribution in [0.25, 0.3) is 0 Å². The van der Waals surface area contributed by atoms with E-state index in [2.05, 4.69) is 4.72 Å². The van der Waals surface area contributed by atoms with Gasteiger partial charge >= 0.3 is 0 Å². The van der Waals surface area contributed by atoms with Crippen molar-refractivity contribution < 1.29 is 8.42 Å². The van der Waals surface area contributed by atoms with Crippen LogP contribution in [-0.2, 0) is 10.0 Å². The van der Waals surface area contributed by atoms with Gasteiger partial charge in [-0.1, -0.05) is 29.9 Å². The van der Waals surface area contributed by atoms with Gasteiger partial charge < -0.3 is 5.73 Å². The van der Waals surface area contributed by atoms with E-state index < -0.39 is 10.0 Å². The predicted molar refractivity (Wildman–Crippen MR) is 88.0 cm³/mol. The fourth-order valence-electron chi connectivity index (χ4n) is 1.92. The Hall–Kier alpha value is -0.340. The molecular weight excluding hydrogens is 336 g/mol. The maximum absolute atomic E-state index is 12.2. The summed E-state index contributed by atoms with van der Waals surface area (Å²) >= 11 is 12.7. The third kappa shape index (κ3) is 3.85. The molecule has 1 aromatic rings. The number of hydrogen-bond donors (Lipinski definition) is 2. The zero-order chi connectivity index (χ0) is 14.8. The fourth-order valence-corrected chi connectivity index (χ4v) is 4.99. The summed E-state index contributed by atoms with van der Waals surface area (Å²) in [7, 11) is -3.60. The molecule has 0 aromatic heterocycles. The van der Waals surface area contributed by atoms with Crippen molar-refractivity contribution in [2.24, 2.45) is 11.7 Å². The molecule has 1 atom stereocenters. The predicted octanol–water partition coefficient (Wildman–Crippen LogP) is 2.01. The highest BCUT2D eigenvalue weighted by Crippen LogP contribution is 2.25. The van der Waals surface area contributed by atoms with Gasteiger partial charge in [-0.15, -0.1) is 0 Å². The molecule has 0 aliphatic carbocycles. The minimum Gasteiger partial charge on any atom is -0.389 e. The summed E-state index contributed by atoms with van der Waals surface area (Å²) in [6, 6.07) is 4.47. The van der Waals surface area contributed by atoms with Crippen LogP contribution in [0.2, 0.25) is 5.02 Å². The minimum atomic E-state index is -3.60. The number of thiocarbonyl (C=S) groups is 1. The Morgan fingerprint density at radius 3 is 2.85 bits per heavy atom. The molecule has 0 amide bonds. The molecule has 110 valence electrons. The lowest BCUT2D eigenvalue weighted by atomic mass is 10.1. The van der Waals surface area contributed by atoms with E-state index in [9.17, 15) is 8.42 Å². The monoisotopic (exact) mass is 350 g/mol. The molecule has 1 saturated heterocycles. The SMILES string of the molecule is NC(=S)c1ccc(S(=O)(=O)NCC2CCSC2)c(Cl)c1. The first kappa shape index (κ1) is 16.0. The van der Waals surface area contributed by atoms with Gasteiger partial charge in [0.2, 0.25) is 10.0 Å². The molecule has 1 unspecified atom stereocenters. The second-order valence-corrected chi connectivity index (χ2v) is 8.32. The molecule has 2 rings (SSSR count). The van der Waals surface area contributed by atoms with Gasteiger partial charge in [0, 0.05) is 12.1 Å². The Labute approximate surface area is 133 Å². The van der Waals surface area contributed by atoms with Gasteiger partial charge in [0.05, 0.1) is 5.02 Å². The van der Waals surface area contributed by atoms with E-state index in [0.29, 0.717) is 18.0 Å². The summed E-state index contributed by atoms with van der Waals surface area (Å²) in [6.45, 7) is 0.447. The Kier molecular flexibility index (Phi) is 5.30. The van der Waals surface area contributed by atoms with Crippen molar-refractivity contribution in [3.8, 4) is 0 Å². The van der Waals surface area contributed by atoms with E-state index >= 15 is 0 Å². The van der Waals surface area contributed by atoms with Crippen LogP contribution in [-0.4, -0.2) is 31.5 Å². The summed E-state index contributed by atoms with van der Waals surface area (Å²) in [4.78, 5) is 0.247. The zero-order valence-electron chi connectivity index (χ0n) is 10.6. The summed E-state index contributed by atoms with van der Waals surface area (Å²) in [5, 5.41) is 0.128. The van der Waals surface area contributed by atoms with Crippen molar-refractivity contribution in [3.63, 3.8) is 0 Å². The van der Waals surface area contributed by atoms with Gasteiger partial charge in [-0.3, -0.25) is 0 Å². The van der Waals surface area contributed by atoms with Crippen molar-refractivity contribution in [3.05, 3.63) is 28.8 Å². The lowest BCUT2D eigenvalue weighted by Gasteiger charge is -2.12. The Morgan fingerprint density at radius 2 is 2.30 bits per heavy atom. The number of thioether (sulfide) groups is 1. The number of nitrogens with two attached hydrogens (primary N) is 1. The van der Waals surface area contributed by atoms with Gasteiger partial charge in [-0.2, -0.15) is 11.8 Å². The van der Waals surface area contributed by atoms with Crippen LogP contribution in [0.1, 0.15) is 12.0 Å². The van der Waals surface area contributed by atoms with Gasteiger partial charge in [-0.05, 0) is 36.0 Å². The topological polar surface area (TPSA) is 72.2 Å². The summed E-state index contributed by atoms with van der Waals surface area (Å²) in [6.07, 6.45) is 1.04. The third-order valence-corrected chi connectivity index (χ3v) is 6.47. The average Bonchev–Trinajstić information content (AvgIpc) is 2.89. The summed E-state index contributed by atoms with van der Waals surface area (Å²) < 4.78 is 27.1. The molecule has 0 bridgehead atoms. The van der Waals surface area contributed by atoms with Crippen LogP contribution in [0.4, 0.5) is 0 Å². The Bertz CT molecular complexity index is 613. The van der Waals surface area contributed by atoms with Crippen molar-refractivity contribution in [2.45, 2.75) is 11.3 Å². The molecule has 0 radical (unpaired) electrons. The van der Waals surface area contributed by atoms with Crippen molar-refractivity contribution in [1.29, 1.82) is 0 Å². The number of benzene rings is 1. The summed E-state index contributed by atoms with van der Waals surface area (Å²) in [5.41, 5.74) is 6.04. The third-order valence-electron chi connectivity index (χ3n) is 3.09. The minimum absolute atomic E-state index is 0.0600. The van der Waals surface area contributed by atoms with Crippen LogP contribution in [0.3, 0.4) is 0 Å². The maximum atomic E-state index is 12.2. The average molecular weight is 351 g/mol. The van der Waals surface area contributed by atoms with Crippen LogP contribution >= 0.6 is 35.6 Å². The molecule has 1 aromatic carbocycles. The second kappa shape index (κ2) is 6.62. The van der Waals surface area contributed by atoms with Crippen molar-refractivity contribution >= 4 is 50.6 Å². The number of hydrogen-bond acceptors (Lipinski definition) is 4. The molecule has 1 fully saturated rings. The van der Waals surface area contributed by atoms with Crippen LogP contribution < -0.4 is 10.5 Å². The van der Waals surface area contributed by atoms with Gasteiger partial charge in [0.1, 0.15) is 9.88 Å². The molecular formula is C12H15ClN2O2S3.